The summed E-state index contributed by atoms with van der Waals surface area (Å²) in [6.07, 6.45) is 7.86. The van der Waals surface area contributed by atoms with Crippen LogP contribution in [0.1, 0.15) is 51.0 Å². The Bertz CT molecular complexity index is 744. The molecule has 28 heavy (non-hydrogen) atoms. The highest BCUT2D eigenvalue weighted by Crippen LogP contribution is 2.61. The zero-order valence-electron chi connectivity index (χ0n) is 16.2. The third-order valence-corrected chi connectivity index (χ3v) is 7.68. The van der Waals surface area contributed by atoms with Gasteiger partial charge in [0.15, 0.2) is 6.61 Å². The molecule has 0 radical (unpaired) electrons. The number of amides is 1. The van der Waals surface area contributed by atoms with Gasteiger partial charge in [-0.1, -0.05) is 29.3 Å². The van der Waals surface area contributed by atoms with Crippen LogP contribution in [0.3, 0.4) is 0 Å². The maximum Gasteiger partial charge on any atom is 0.310 e. The van der Waals surface area contributed by atoms with Crippen LogP contribution < -0.4 is 5.32 Å². The first-order chi connectivity index (χ1) is 13.3. The van der Waals surface area contributed by atoms with Gasteiger partial charge in [-0.05, 0) is 86.3 Å². The molecule has 4 bridgehead atoms. The quantitative estimate of drug-likeness (QED) is 0.668. The zero-order chi connectivity index (χ0) is 19.9. The van der Waals surface area contributed by atoms with Crippen molar-refractivity contribution in [1.29, 1.82) is 0 Å². The maximum absolute atomic E-state index is 12.4. The molecule has 0 heterocycles. The molecule has 0 aromatic heterocycles. The number of carbonyl (C=O) groups is 2. The second-order valence-corrected chi connectivity index (χ2v) is 9.99. The molecular formula is C22H27Cl2NO3. The van der Waals surface area contributed by atoms with Crippen molar-refractivity contribution in [3.05, 3.63) is 33.8 Å². The summed E-state index contributed by atoms with van der Waals surface area (Å²) >= 11 is 11.9. The molecule has 1 N–H and O–H groups in total. The number of esters is 1. The lowest BCUT2D eigenvalue weighted by atomic mass is 9.48. The first-order valence-corrected chi connectivity index (χ1v) is 11.0. The van der Waals surface area contributed by atoms with E-state index in [1.807, 2.05) is 0 Å². The van der Waals surface area contributed by atoms with Gasteiger partial charge < -0.3 is 10.1 Å². The Labute approximate surface area is 176 Å². The van der Waals surface area contributed by atoms with E-state index in [4.69, 9.17) is 27.9 Å². The highest BCUT2D eigenvalue weighted by molar-refractivity contribution is 6.35. The van der Waals surface area contributed by atoms with Crippen molar-refractivity contribution in [2.24, 2.45) is 23.2 Å². The number of halogens is 2. The van der Waals surface area contributed by atoms with Crippen molar-refractivity contribution in [3.8, 4) is 0 Å². The highest BCUT2D eigenvalue weighted by Gasteiger charge is 2.53. The molecule has 4 saturated carbocycles. The molecule has 1 aromatic carbocycles. The molecule has 1 aromatic rings. The number of rotatable bonds is 6. The standard InChI is InChI=1S/C22H27Cl2NO3/c1-13(22-9-14-4-15(10-22)6-16(5-14)11-22)25-20(26)12-28-21(27)7-17-2-3-18(23)8-19(17)24/h2-3,8,13-16H,4-7,9-12H2,1H3,(H,25,26)/t13-,14?,15?,16?,22?/m1/s1. The Hall–Kier alpha value is -1.26. The molecule has 0 unspecified atom stereocenters. The Morgan fingerprint density at radius 1 is 1.14 bits per heavy atom. The monoisotopic (exact) mass is 423 g/mol. The molecular weight excluding hydrogens is 397 g/mol. The predicted octanol–water partition coefficient (Wildman–Crippen LogP) is 4.80. The van der Waals surface area contributed by atoms with E-state index in [2.05, 4.69) is 12.2 Å². The van der Waals surface area contributed by atoms with E-state index in [0.29, 0.717) is 15.6 Å². The topological polar surface area (TPSA) is 55.4 Å². The molecule has 152 valence electrons. The normalized spacial score (nSPS) is 31.5. The summed E-state index contributed by atoms with van der Waals surface area (Å²) in [5, 5.41) is 4.05. The zero-order valence-corrected chi connectivity index (χ0v) is 17.7. The molecule has 4 aliphatic rings. The maximum atomic E-state index is 12.4. The second kappa shape index (κ2) is 7.87. The average Bonchev–Trinajstić information content (AvgIpc) is 2.61. The van der Waals surface area contributed by atoms with Gasteiger partial charge in [-0.2, -0.15) is 0 Å². The molecule has 1 amide bonds. The van der Waals surface area contributed by atoms with Gasteiger partial charge in [0, 0.05) is 16.1 Å². The van der Waals surface area contributed by atoms with Gasteiger partial charge in [-0.3, -0.25) is 9.59 Å². The smallest absolute Gasteiger partial charge is 0.310 e. The number of hydrogen-bond donors (Lipinski definition) is 1. The first-order valence-electron chi connectivity index (χ1n) is 10.2. The summed E-state index contributed by atoms with van der Waals surface area (Å²) in [5.41, 5.74) is 0.879. The molecule has 1 atom stereocenters. The van der Waals surface area contributed by atoms with E-state index in [-0.39, 0.29) is 30.4 Å². The van der Waals surface area contributed by atoms with Crippen LogP contribution >= 0.6 is 23.2 Å². The van der Waals surface area contributed by atoms with Gasteiger partial charge in [0.05, 0.1) is 6.42 Å². The van der Waals surface area contributed by atoms with Crippen molar-refractivity contribution in [1.82, 2.24) is 5.32 Å². The fraction of sp³-hybridized carbons (Fsp3) is 0.636. The fourth-order valence-electron chi connectivity index (χ4n) is 6.16. The van der Waals surface area contributed by atoms with Crippen molar-refractivity contribution < 1.29 is 14.3 Å². The van der Waals surface area contributed by atoms with Crippen molar-refractivity contribution in [3.63, 3.8) is 0 Å². The molecule has 6 heteroatoms. The highest BCUT2D eigenvalue weighted by atomic mass is 35.5. The minimum absolute atomic E-state index is 0.0216. The van der Waals surface area contributed by atoms with Gasteiger partial charge >= 0.3 is 5.97 Å². The van der Waals surface area contributed by atoms with Crippen LogP contribution in [0, 0.1) is 23.2 Å². The van der Waals surface area contributed by atoms with E-state index in [1.165, 1.54) is 38.5 Å². The Morgan fingerprint density at radius 3 is 2.32 bits per heavy atom. The number of benzene rings is 1. The van der Waals surface area contributed by atoms with Gasteiger partial charge in [-0.25, -0.2) is 0 Å². The van der Waals surface area contributed by atoms with Crippen molar-refractivity contribution in [2.45, 2.75) is 57.9 Å². The Kier molecular flexibility index (Phi) is 5.63. The van der Waals surface area contributed by atoms with Crippen molar-refractivity contribution >= 4 is 35.1 Å². The summed E-state index contributed by atoms with van der Waals surface area (Å²) in [5.74, 6) is 1.83. The second-order valence-electron chi connectivity index (χ2n) is 9.14. The minimum atomic E-state index is -0.471. The summed E-state index contributed by atoms with van der Waals surface area (Å²) < 4.78 is 5.17. The van der Waals surface area contributed by atoms with E-state index in [9.17, 15) is 9.59 Å². The molecule has 4 aliphatic carbocycles. The SMILES string of the molecule is C[C@@H](NC(=O)COC(=O)Cc1ccc(Cl)cc1Cl)C12CC3CC(CC(C3)C1)C2. The largest absolute Gasteiger partial charge is 0.455 e. The van der Waals surface area contributed by atoms with E-state index < -0.39 is 5.97 Å². The van der Waals surface area contributed by atoms with Crippen LogP contribution in [0.5, 0.6) is 0 Å². The van der Waals surface area contributed by atoms with E-state index >= 15 is 0 Å². The first kappa shape index (κ1) is 20.0. The van der Waals surface area contributed by atoms with E-state index in [0.717, 1.165) is 17.8 Å². The third-order valence-electron chi connectivity index (χ3n) is 7.10. The average molecular weight is 424 g/mol. The lowest BCUT2D eigenvalue weighted by molar-refractivity contribution is -0.148. The van der Waals surface area contributed by atoms with Crippen LogP contribution in [0.2, 0.25) is 10.0 Å². The van der Waals surface area contributed by atoms with Crippen LogP contribution in [-0.2, 0) is 20.7 Å². The van der Waals surface area contributed by atoms with E-state index in [1.54, 1.807) is 18.2 Å². The number of nitrogens with one attached hydrogen (secondary N) is 1. The van der Waals surface area contributed by atoms with Crippen LogP contribution in [0.25, 0.3) is 0 Å². The van der Waals surface area contributed by atoms with Gasteiger partial charge in [-0.15, -0.1) is 0 Å². The van der Waals surface area contributed by atoms with Crippen LogP contribution in [0.15, 0.2) is 18.2 Å². The minimum Gasteiger partial charge on any atom is -0.455 e. The molecule has 0 spiro atoms. The fourth-order valence-corrected chi connectivity index (χ4v) is 6.64. The van der Waals surface area contributed by atoms with Crippen LogP contribution in [0.4, 0.5) is 0 Å². The molecule has 5 rings (SSSR count). The molecule has 4 nitrogen and oxygen atoms in total. The Morgan fingerprint density at radius 2 is 1.75 bits per heavy atom. The van der Waals surface area contributed by atoms with Crippen molar-refractivity contribution in [2.75, 3.05) is 6.61 Å². The van der Waals surface area contributed by atoms with Gasteiger partial charge in [0.25, 0.3) is 5.91 Å². The Balaban J connectivity index is 1.27. The summed E-state index contributed by atoms with van der Waals surface area (Å²) in [7, 11) is 0. The molecule has 0 saturated heterocycles. The molecule has 0 aliphatic heterocycles. The third kappa shape index (κ3) is 4.18. The van der Waals surface area contributed by atoms with Gasteiger partial charge in [0.2, 0.25) is 0 Å². The summed E-state index contributed by atoms with van der Waals surface area (Å²) in [6, 6.07) is 5.08. The van der Waals surface area contributed by atoms with Gasteiger partial charge in [0.1, 0.15) is 0 Å². The summed E-state index contributed by atoms with van der Waals surface area (Å²) in [4.78, 5) is 24.5. The summed E-state index contributed by atoms with van der Waals surface area (Å²) in [6.45, 7) is 1.88. The molecule has 4 fully saturated rings. The lowest BCUT2D eigenvalue weighted by Crippen LogP contribution is -2.56. The lowest BCUT2D eigenvalue weighted by Gasteiger charge is -2.59. The number of carbonyl (C=O) groups excluding carboxylic acids is 2. The predicted molar refractivity (Wildman–Crippen MR) is 109 cm³/mol. The number of hydrogen-bond acceptors (Lipinski definition) is 3. The van der Waals surface area contributed by atoms with Crippen LogP contribution in [-0.4, -0.2) is 24.5 Å². The number of ether oxygens (including phenoxy) is 1.